The Morgan fingerprint density at radius 3 is 2.57 bits per heavy atom. The molecule has 0 heterocycles. The molecule has 5 heteroatoms. The van der Waals surface area contributed by atoms with Crippen LogP contribution in [0.4, 0.5) is 0 Å². The fourth-order valence-corrected chi connectivity index (χ4v) is 2.35. The zero-order valence-corrected chi connectivity index (χ0v) is 14.5. The molecular weight excluding hydrogens is 356 g/mol. The average molecular weight is 377 g/mol. The highest BCUT2D eigenvalue weighted by Gasteiger charge is 2.11. The maximum atomic E-state index is 12.3. The summed E-state index contributed by atoms with van der Waals surface area (Å²) in [6.45, 7) is 1.69. The van der Waals surface area contributed by atoms with Gasteiger partial charge in [0.25, 0.3) is 5.91 Å². The molecule has 0 fully saturated rings. The van der Waals surface area contributed by atoms with Crippen molar-refractivity contribution in [3.05, 3.63) is 64.1 Å². The van der Waals surface area contributed by atoms with Gasteiger partial charge < -0.3 is 15.8 Å². The molecule has 4 nitrogen and oxygen atoms in total. The van der Waals surface area contributed by atoms with Crippen molar-refractivity contribution in [2.45, 2.75) is 19.4 Å². The van der Waals surface area contributed by atoms with Crippen molar-refractivity contribution in [3.8, 4) is 5.75 Å². The van der Waals surface area contributed by atoms with E-state index in [2.05, 4.69) is 21.2 Å². The Labute approximate surface area is 145 Å². The van der Waals surface area contributed by atoms with Crippen molar-refractivity contribution in [1.29, 1.82) is 0 Å². The van der Waals surface area contributed by atoms with Crippen molar-refractivity contribution in [2.75, 3.05) is 13.1 Å². The standard InChI is InChI=1S/C18H21BrN2O2/c19-15-9-7-14(8-10-15)13-23-17-6-2-1-5-16(17)18(22)21-12-4-3-11-20/h1-2,5-10H,3-4,11-13,20H2,(H,21,22). The van der Waals surface area contributed by atoms with Gasteiger partial charge in [0.15, 0.2) is 0 Å². The minimum Gasteiger partial charge on any atom is -0.488 e. The number of benzene rings is 2. The van der Waals surface area contributed by atoms with E-state index in [1.54, 1.807) is 6.07 Å². The maximum absolute atomic E-state index is 12.3. The van der Waals surface area contributed by atoms with Crippen molar-refractivity contribution >= 4 is 21.8 Å². The SMILES string of the molecule is NCCCCNC(=O)c1ccccc1OCc1ccc(Br)cc1. The lowest BCUT2D eigenvalue weighted by molar-refractivity contribution is 0.0948. The molecule has 0 saturated carbocycles. The number of halogens is 1. The first-order valence-corrected chi connectivity index (χ1v) is 8.44. The van der Waals surface area contributed by atoms with Gasteiger partial charge in [-0.3, -0.25) is 4.79 Å². The highest BCUT2D eigenvalue weighted by molar-refractivity contribution is 9.10. The number of nitrogens with two attached hydrogens (primary N) is 1. The lowest BCUT2D eigenvalue weighted by Crippen LogP contribution is -2.25. The molecule has 0 aliphatic rings. The third-order valence-corrected chi connectivity index (χ3v) is 3.88. The molecule has 2 aromatic rings. The van der Waals surface area contributed by atoms with E-state index < -0.39 is 0 Å². The minimum atomic E-state index is -0.117. The molecule has 122 valence electrons. The molecule has 0 radical (unpaired) electrons. The zero-order chi connectivity index (χ0) is 16.5. The van der Waals surface area contributed by atoms with E-state index >= 15 is 0 Å². The molecule has 2 aromatic carbocycles. The van der Waals surface area contributed by atoms with Crippen molar-refractivity contribution in [2.24, 2.45) is 5.73 Å². The number of carbonyl (C=O) groups excluding carboxylic acids is 1. The first kappa shape index (κ1) is 17.5. The second-order valence-electron chi connectivity index (χ2n) is 5.16. The second kappa shape index (κ2) is 9.33. The van der Waals surface area contributed by atoms with Crippen molar-refractivity contribution < 1.29 is 9.53 Å². The van der Waals surface area contributed by atoms with E-state index in [0.717, 1.165) is 22.9 Å². The summed E-state index contributed by atoms with van der Waals surface area (Å²) in [5.74, 6) is 0.472. The minimum absolute atomic E-state index is 0.117. The van der Waals surface area contributed by atoms with Crippen LogP contribution in [0.25, 0.3) is 0 Å². The summed E-state index contributed by atoms with van der Waals surface area (Å²) in [5, 5.41) is 2.90. The van der Waals surface area contributed by atoms with Gasteiger partial charge >= 0.3 is 0 Å². The number of para-hydroxylation sites is 1. The Balaban J connectivity index is 1.96. The van der Waals surface area contributed by atoms with Crippen LogP contribution in [0, 0.1) is 0 Å². The van der Waals surface area contributed by atoms with Crippen LogP contribution in [0.3, 0.4) is 0 Å². The van der Waals surface area contributed by atoms with Crippen molar-refractivity contribution in [1.82, 2.24) is 5.32 Å². The summed E-state index contributed by atoms with van der Waals surface area (Å²) in [6, 6.07) is 15.2. The normalized spacial score (nSPS) is 10.3. The van der Waals surface area contributed by atoms with Gasteiger partial charge in [0.05, 0.1) is 5.56 Å². The summed E-state index contributed by atoms with van der Waals surface area (Å²) in [4.78, 5) is 12.3. The highest BCUT2D eigenvalue weighted by atomic mass is 79.9. The Kier molecular flexibility index (Phi) is 7.10. The van der Waals surface area contributed by atoms with E-state index in [4.69, 9.17) is 10.5 Å². The molecule has 0 saturated heterocycles. The summed E-state index contributed by atoms with van der Waals surface area (Å²) in [7, 11) is 0. The first-order valence-electron chi connectivity index (χ1n) is 7.65. The van der Waals surface area contributed by atoms with E-state index in [-0.39, 0.29) is 5.91 Å². The van der Waals surface area contributed by atoms with Gasteiger partial charge in [-0.05, 0) is 49.2 Å². The fourth-order valence-electron chi connectivity index (χ4n) is 2.09. The van der Waals surface area contributed by atoms with Crippen LogP contribution in [0.15, 0.2) is 53.0 Å². The van der Waals surface area contributed by atoms with Gasteiger partial charge in [-0.25, -0.2) is 0 Å². The van der Waals surface area contributed by atoms with E-state index in [1.807, 2.05) is 42.5 Å². The average Bonchev–Trinajstić information content (AvgIpc) is 2.58. The molecule has 0 spiro atoms. The summed E-state index contributed by atoms with van der Waals surface area (Å²) >= 11 is 3.41. The lowest BCUT2D eigenvalue weighted by atomic mass is 10.2. The quantitative estimate of drug-likeness (QED) is 0.693. The highest BCUT2D eigenvalue weighted by Crippen LogP contribution is 2.20. The molecule has 3 N–H and O–H groups in total. The van der Waals surface area contributed by atoms with E-state index in [0.29, 0.717) is 31.0 Å². The molecule has 0 bridgehead atoms. The van der Waals surface area contributed by atoms with Crippen LogP contribution in [-0.4, -0.2) is 19.0 Å². The fraction of sp³-hybridized carbons (Fsp3) is 0.278. The maximum Gasteiger partial charge on any atom is 0.255 e. The van der Waals surface area contributed by atoms with Gasteiger partial charge in [-0.15, -0.1) is 0 Å². The number of amides is 1. The largest absolute Gasteiger partial charge is 0.488 e. The number of carbonyl (C=O) groups is 1. The molecule has 23 heavy (non-hydrogen) atoms. The van der Waals surface area contributed by atoms with Crippen LogP contribution < -0.4 is 15.8 Å². The predicted octanol–water partition coefficient (Wildman–Crippen LogP) is 3.50. The van der Waals surface area contributed by atoms with Gasteiger partial charge in [0.2, 0.25) is 0 Å². The van der Waals surface area contributed by atoms with E-state index in [1.165, 1.54) is 0 Å². The molecular formula is C18H21BrN2O2. The third-order valence-electron chi connectivity index (χ3n) is 3.36. The summed E-state index contributed by atoms with van der Waals surface area (Å²) < 4.78 is 6.84. The van der Waals surface area contributed by atoms with Crippen LogP contribution >= 0.6 is 15.9 Å². The van der Waals surface area contributed by atoms with Crippen LogP contribution in [-0.2, 0) is 6.61 Å². The third kappa shape index (κ3) is 5.69. The first-order chi connectivity index (χ1) is 11.2. The predicted molar refractivity (Wildman–Crippen MR) is 95.5 cm³/mol. The molecule has 0 aromatic heterocycles. The zero-order valence-electron chi connectivity index (χ0n) is 12.9. The molecule has 0 atom stereocenters. The van der Waals surface area contributed by atoms with Crippen LogP contribution in [0.5, 0.6) is 5.75 Å². The Morgan fingerprint density at radius 2 is 1.83 bits per heavy atom. The van der Waals surface area contributed by atoms with Crippen LogP contribution in [0.1, 0.15) is 28.8 Å². The van der Waals surface area contributed by atoms with E-state index in [9.17, 15) is 4.79 Å². The Hall–Kier alpha value is -1.85. The topological polar surface area (TPSA) is 64.3 Å². The van der Waals surface area contributed by atoms with Gasteiger partial charge in [-0.1, -0.05) is 40.2 Å². The molecule has 0 unspecified atom stereocenters. The number of hydrogen-bond acceptors (Lipinski definition) is 3. The number of rotatable bonds is 8. The van der Waals surface area contributed by atoms with Crippen LogP contribution in [0.2, 0.25) is 0 Å². The molecule has 0 aliphatic heterocycles. The summed E-state index contributed by atoms with van der Waals surface area (Å²) in [6.07, 6.45) is 1.78. The molecule has 0 aliphatic carbocycles. The van der Waals surface area contributed by atoms with Crippen molar-refractivity contribution in [3.63, 3.8) is 0 Å². The number of nitrogens with one attached hydrogen (secondary N) is 1. The lowest BCUT2D eigenvalue weighted by Gasteiger charge is -2.12. The molecule has 1 amide bonds. The number of hydrogen-bond donors (Lipinski definition) is 2. The monoisotopic (exact) mass is 376 g/mol. The second-order valence-corrected chi connectivity index (χ2v) is 6.08. The summed E-state index contributed by atoms with van der Waals surface area (Å²) in [5.41, 5.74) is 7.05. The number of unbranched alkanes of at least 4 members (excludes halogenated alkanes) is 1. The smallest absolute Gasteiger partial charge is 0.255 e. The van der Waals surface area contributed by atoms with Gasteiger partial charge in [0.1, 0.15) is 12.4 Å². The Bertz CT molecular complexity index is 629. The van der Waals surface area contributed by atoms with Gasteiger partial charge in [0, 0.05) is 11.0 Å². The van der Waals surface area contributed by atoms with Gasteiger partial charge in [-0.2, -0.15) is 0 Å². The molecule has 2 rings (SSSR count). The Morgan fingerprint density at radius 1 is 1.09 bits per heavy atom. The number of ether oxygens (including phenoxy) is 1.